The number of rotatable bonds is 6. The van der Waals surface area contributed by atoms with E-state index in [-0.39, 0.29) is 12.5 Å². The molecule has 0 saturated heterocycles. The van der Waals surface area contributed by atoms with Crippen molar-refractivity contribution in [3.8, 4) is 0 Å². The van der Waals surface area contributed by atoms with Crippen LogP contribution in [-0.4, -0.2) is 42.2 Å². The summed E-state index contributed by atoms with van der Waals surface area (Å²) in [6, 6.07) is 14.4. The van der Waals surface area contributed by atoms with Gasteiger partial charge in [-0.2, -0.15) is 0 Å². The Morgan fingerprint density at radius 3 is 2.61 bits per heavy atom. The highest BCUT2D eigenvalue weighted by atomic mass is 32.1. The van der Waals surface area contributed by atoms with Gasteiger partial charge in [-0.1, -0.05) is 24.3 Å². The van der Waals surface area contributed by atoms with Crippen molar-refractivity contribution in [3.05, 3.63) is 64.8 Å². The predicted molar refractivity (Wildman–Crippen MR) is 97.2 cm³/mol. The zero-order valence-electron chi connectivity index (χ0n) is 13.6. The van der Waals surface area contributed by atoms with Gasteiger partial charge >= 0.3 is 0 Å². The van der Waals surface area contributed by atoms with E-state index in [9.17, 15) is 5.11 Å². The molecular formula is C19H22N2OS. The van der Waals surface area contributed by atoms with Crippen LogP contribution in [0.4, 0.5) is 0 Å². The number of thiophene rings is 1. The van der Waals surface area contributed by atoms with E-state index in [4.69, 9.17) is 0 Å². The lowest BCUT2D eigenvalue weighted by molar-refractivity contribution is 0.279. The molecule has 0 amide bonds. The summed E-state index contributed by atoms with van der Waals surface area (Å²) < 4.78 is 1.28. The number of likely N-dealkylation sites (N-methyl/N-ethyl adjacent to an activating group) is 1. The number of hydrogen-bond donors (Lipinski definition) is 1. The second-order valence-corrected chi connectivity index (χ2v) is 7.11. The van der Waals surface area contributed by atoms with Crippen molar-refractivity contribution in [1.29, 1.82) is 0 Å². The summed E-state index contributed by atoms with van der Waals surface area (Å²) in [6.45, 7) is 1.08. The highest BCUT2D eigenvalue weighted by Crippen LogP contribution is 2.38. The quantitative estimate of drug-likeness (QED) is 0.753. The Hall–Kier alpha value is -1.75. The highest BCUT2D eigenvalue weighted by Gasteiger charge is 2.22. The van der Waals surface area contributed by atoms with Gasteiger partial charge in [0, 0.05) is 22.3 Å². The van der Waals surface area contributed by atoms with Gasteiger partial charge in [0.15, 0.2) is 0 Å². The molecule has 3 nitrogen and oxygen atoms in total. The predicted octanol–water partition coefficient (Wildman–Crippen LogP) is 3.52. The molecule has 3 rings (SSSR count). The largest absolute Gasteiger partial charge is 0.395 e. The fraction of sp³-hybridized carbons (Fsp3) is 0.316. The molecular weight excluding hydrogens is 304 g/mol. The van der Waals surface area contributed by atoms with Crippen molar-refractivity contribution in [2.75, 3.05) is 27.2 Å². The first-order valence-electron chi connectivity index (χ1n) is 7.87. The van der Waals surface area contributed by atoms with Crippen LogP contribution in [0.1, 0.15) is 22.1 Å². The summed E-state index contributed by atoms with van der Waals surface area (Å²) in [6.07, 6.45) is 2.79. The lowest BCUT2D eigenvalue weighted by Gasteiger charge is -2.17. The fourth-order valence-corrected chi connectivity index (χ4v) is 4.18. The molecule has 23 heavy (non-hydrogen) atoms. The maximum atomic E-state index is 10.1. The van der Waals surface area contributed by atoms with Gasteiger partial charge in [-0.15, -0.1) is 11.3 Å². The minimum Gasteiger partial charge on any atom is -0.395 e. The molecule has 0 radical (unpaired) electrons. The van der Waals surface area contributed by atoms with Gasteiger partial charge < -0.3 is 10.0 Å². The standard InChI is InChI=1S/C19H22N2OS/c1-21(2)12-10-18-19(14-7-3-4-9-17(14)23-18)15(13-22)16-8-5-6-11-20-16/h3-9,11,15,22H,10,12-13H2,1-2H3. The number of fused-ring (bicyclic) bond motifs is 1. The van der Waals surface area contributed by atoms with E-state index in [1.807, 2.05) is 29.5 Å². The number of aliphatic hydroxyl groups excluding tert-OH is 1. The monoisotopic (exact) mass is 326 g/mol. The smallest absolute Gasteiger partial charge is 0.0556 e. The molecule has 1 aromatic carbocycles. The van der Waals surface area contributed by atoms with E-state index in [2.05, 4.69) is 48.2 Å². The van der Waals surface area contributed by atoms with E-state index in [0.29, 0.717) is 0 Å². The summed E-state index contributed by atoms with van der Waals surface area (Å²) in [5.74, 6) is -0.0653. The van der Waals surface area contributed by atoms with Crippen molar-refractivity contribution in [1.82, 2.24) is 9.88 Å². The van der Waals surface area contributed by atoms with E-state index >= 15 is 0 Å². The second kappa shape index (κ2) is 7.21. The molecule has 3 aromatic rings. The lowest BCUT2D eigenvalue weighted by Crippen LogP contribution is -2.16. The average Bonchev–Trinajstić information content (AvgIpc) is 2.93. The maximum absolute atomic E-state index is 10.1. The van der Waals surface area contributed by atoms with Crippen molar-refractivity contribution in [2.45, 2.75) is 12.3 Å². The lowest BCUT2D eigenvalue weighted by atomic mass is 9.92. The SMILES string of the molecule is CN(C)CCc1sc2ccccc2c1C(CO)c1ccccn1. The van der Waals surface area contributed by atoms with Gasteiger partial charge in [0.05, 0.1) is 18.2 Å². The van der Waals surface area contributed by atoms with E-state index in [0.717, 1.165) is 18.7 Å². The maximum Gasteiger partial charge on any atom is 0.0556 e. The van der Waals surface area contributed by atoms with Crippen molar-refractivity contribution in [3.63, 3.8) is 0 Å². The minimum absolute atomic E-state index is 0.0653. The molecule has 2 heterocycles. The summed E-state index contributed by atoms with van der Waals surface area (Å²) in [4.78, 5) is 8.03. The third kappa shape index (κ3) is 3.44. The summed E-state index contributed by atoms with van der Waals surface area (Å²) >= 11 is 1.84. The van der Waals surface area contributed by atoms with E-state index < -0.39 is 0 Å². The highest BCUT2D eigenvalue weighted by molar-refractivity contribution is 7.19. The Morgan fingerprint density at radius 2 is 1.91 bits per heavy atom. The molecule has 0 aliphatic heterocycles. The van der Waals surface area contributed by atoms with Gasteiger partial charge in [-0.3, -0.25) is 4.98 Å². The number of hydrogen-bond acceptors (Lipinski definition) is 4. The number of aromatic nitrogens is 1. The van der Waals surface area contributed by atoms with Gasteiger partial charge in [0.1, 0.15) is 0 Å². The van der Waals surface area contributed by atoms with Crippen LogP contribution in [0.2, 0.25) is 0 Å². The van der Waals surface area contributed by atoms with Crippen LogP contribution in [0.3, 0.4) is 0 Å². The first-order valence-corrected chi connectivity index (χ1v) is 8.69. The van der Waals surface area contributed by atoms with Crippen LogP contribution in [0.15, 0.2) is 48.7 Å². The first-order chi connectivity index (χ1) is 11.2. The Bertz CT molecular complexity index is 767. The Labute approximate surface area is 141 Å². The van der Waals surface area contributed by atoms with Gasteiger partial charge in [-0.25, -0.2) is 0 Å². The van der Waals surface area contributed by atoms with Gasteiger partial charge in [-0.05, 0) is 49.7 Å². The molecule has 0 aliphatic rings. The molecule has 0 fully saturated rings. The van der Waals surface area contributed by atoms with Crippen LogP contribution in [0.25, 0.3) is 10.1 Å². The zero-order valence-corrected chi connectivity index (χ0v) is 14.4. The Balaban J connectivity index is 2.11. The Kier molecular flexibility index (Phi) is 5.06. The van der Waals surface area contributed by atoms with Gasteiger partial charge in [0.25, 0.3) is 0 Å². The minimum atomic E-state index is -0.0653. The number of nitrogens with zero attached hydrogens (tertiary/aromatic N) is 2. The van der Waals surface area contributed by atoms with Crippen LogP contribution < -0.4 is 0 Å². The van der Waals surface area contributed by atoms with E-state index in [1.54, 1.807) is 6.20 Å². The molecule has 1 atom stereocenters. The normalized spacial score (nSPS) is 12.9. The summed E-state index contributed by atoms with van der Waals surface area (Å²) in [5.41, 5.74) is 2.18. The number of aliphatic hydroxyl groups is 1. The summed E-state index contributed by atoms with van der Waals surface area (Å²) in [7, 11) is 4.19. The molecule has 0 spiro atoms. The molecule has 2 aromatic heterocycles. The molecule has 0 aliphatic carbocycles. The molecule has 4 heteroatoms. The van der Waals surface area contributed by atoms with Gasteiger partial charge in [0.2, 0.25) is 0 Å². The first kappa shape index (κ1) is 16.1. The molecule has 1 unspecified atom stereocenters. The number of benzene rings is 1. The van der Waals surface area contributed by atoms with Crippen molar-refractivity contribution < 1.29 is 5.11 Å². The average molecular weight is 326 g/mol. The molecule has 120 valence electrons. The van der Waals surface area contributed by atoms with Crippen LogP contribution in [0.5, 0.6) is 0 Å². The van der Waals surface area contributed by atoms with Crippen LogP contribution in [-0.2, 0) is 6.42 Å². The van der Waals surface area contributed by atoms with Crippen molar-refractivity contribution in [2.24, 2.45) is 0 Å². The van der Waals surface area contributed by atoms with E-state index in [1.165, 1.54) is 20.5 Å². The third-order valence-electron chi connectivity index (χ3n) is 4.07. The fourth-order valence-electron chi connectivity index (χ4n) is 2.92. The zero-order chi connectivity index (χ0) is 16.2. The Morgan fingerprint density at radius 1 is 1.13 bits per heavy atom. The number of pyridine rings is 1. The molecule has 0 bridgehead atoms. The summed E-state index contributed by atoms with van der Waals surface area (Å²) in [5, 5.41) is 11.3. The van der Waals surface area contributed by atoms with Crippen molar-refractivity contribution >= 4 is 21.4 Å². The van der Waals surface area contributed by atoms with Crippen LogP contribution >= 0.6 is 11.3 Å². The topological polar surface area (TPSA) is 36.4 Å². The third-order valence-corrected chi connectivity index (χ3v) is 5.32. The molecule has 0 saturated carbocycles. The molecule has 1 N–H and O–H groups in total. The van der Waals surface area contributed by atoms with Crippen LogP contribution in [0, 0.1) is 0 Å². The second-order valence-electron chi connectivity index (χ2n) is 5.98.